The fourth-order valence-corrected chi connectivity index (χ4v) is 6.63. The molecule has 34 heavy (non-hydrogen) atoms. The summed E-state index contributed by atoms with van der Waals surface area (Å²) in [5.74, 6) is 2.99. The van der Waals surface area contributed by atoms with E-state index in [2.05, 4.69) is 64.7 Å². The lowest BCUT2D eigenvalue weighted by molar-refractivity contribution is 0.00676. The zero-order valence-corrected chi connectivity index (χ0v) is 22.8. The average molecular weight is 468 g/mol. The second-order valence-electron chi connectivity index (χ2n) is 12.8. The molecule has 1 saturated heterocycles. The molecule has 2 heterocycles. The van der Waals surface area contributed by atoms with Gasteiger partial charge in [0.1, 0.15) is 17.1 Å². The Hall–Kier alpha value is -1.48. The third-order valence-electron chi connectivity index (χ3n) is 9.13. The molecule has 1 aromatic rings. The van der Waals surface area contributed by atoms with Crippen molar-refractivity contribution in [2.75, 3.05) is 19.6 Å². The van der Waals surface area contributed by atoms with E-state index >= 15 is 0 Å². The molecule has 0 amide bonds. The Bertz CT molecular complexity index is 876. The number of rotatable bonds is 8. The predicted octanol–water partition coefficient (Wildman–Crippen LogP) is 7.96. The van der Waals surface area contributed by atoms with Crippen molar-refractivity contribution in [3.05, 3.63) is 34.9 Å². The second-order valence-corrected chi connectivity index (χ2v) is 12.8. The summed E-state index contributed by atoms with van der Waals surface area (Å²) >= 11 is 0. The van der Waals surface area contributed by atoms with Gasteiger partial charge in [-0.15, -0.1) is 0 Å². The van der Waals surface area contributed by atoms with Gasteiger partial charge < -0.3 is 9.84 Å². The molecule has 4 rings (SSSR count). The first-order valence-corrected chi connectivity index (χ1v) is 14.1. The SMILES string of the molecule is CCCCCCC(C)(C)c1cc(O)c2c(c1)OC(C)(C)[C@H]1CC=C(CN3CCC(C)CC3)C[C@H]21. The van der Waals surface area contributed by atoms with Crippen molar-refractivity contribution in [1.29, 1.82) is 0 Å². The summed E-state index contributed by atoms with van der Waals surface area (Å²) in [6, 6.07) is 4.32. The Morgan fingerprint density at radius 2 is 1.85 bits per heavy atom. The molecule has 190 valence electrons. The largest absolute Gasteiger partial charge is 0.508 e. The molecule has 0 bridgehead atoms. The normalized spacial score (nSPS) is 25.3. The van der Waals surface area contributed by atoms with Crippen LogP contribution in [0.3, 0.4) is 0 Å². The van der Waals surface area contributed by atoms with E-state index in [-0.39, 0.29) is 11.0 Å². The van der Waals surface area contributed by atoms with Crippen LogP contribution in [0.4, 0.5) is 0 Å². The lowest BCUT2D eigenvalue weighted by Crippen LogP contribution is -2.46. The van der Waals surface area contributed by atoms with Crippen LogP contribution in [0.25, 0.3) is 0 Å². The highest BCUT2D eigenvalue weighted by Gasteiger charge is 2.46. The van der Waals surface area contributed by atoms with Crippen molar-refractivity contribution in [2.24, 2.45) is 11.8 Å². The Labute approximate surface area is 209 Å². The standard InChI is InChI=1S/C31H49NO2/c1-7-8-9-10-15-30(3,4)24-19-27(33)29-25-18-23(21-32-16-13-22(2)14-17-32)11-12-26(25)31(5,6)34-28(29)20-24/h11,19-20,22,25-26,33H,7-10,12-18,21H2,1-6H3/t25-,26-/m0/s1. The minimum atomic E-state index is -0.226. The van der Waals surface area contributed by atoms with Crippen LogP contribution < -0.4 is 4.74 Å². The molecule has 3 aliphatic rings. The molecule has 1 fully saturated rings. The van der Waals surface area contributed by atoms with E-state index in [1.807, 2.05) is 0 Å². The summed E-state index contributed by atoms with van der Waals surface area (Å²) in [5, 5.41) is 11.3. The Morgan fingerprint density at radius 1 is 1.12 bits per heavy atom. The van der Waals surface area contributed by atoms with Crippen LogP contribution in [0.1, 0.15) is 116 Å². The summed E-state index contributed by atoms with van der Waals surface area (Å²) in [6.45, 7) is 17.3. The number of hydrogen-bond donors (Lipinski definition) is 1. The number of allylic oxidation sites excluding steroid dienone is 1. The minimum Gasteiger partial charge on any atom is -0.508 e. The van der Waals surface area contributed by atoms with E-state index in [9.17, 15) is 5.11 Å². The lowest BCUT2D eigenvalue weighted by atomic mass is 9.66. The van der Waals surface area contributed by atoms with Gasteiger partial charge in [0.25, 0.3) is 0 Å². The van der Waals surface area contributed by atoms with Crippen LogP contribution in [0.5, 0.6) is 11.5 Å². The Kier molecular flexibility index (Phi) is 7.72. The van der Waals surface area contributed by atoms with Crippen molar-refractivity contribution in [3.63, 3.8) is 0 Å². The summed E-state index contributed by atoms with van der Waals surface area (Å²) in [4.78, 5) is 2.64. The number of aromatic hydroxyl groups is 1. The van der Waals surface area contributed by atoms with Gasteiger partial charge in [-0.2, -0.15) is 0 Å². The maximum Gasteiger partial charge on any atom is 0.127 e. The number of fused-ring (bicyclic) bond motifs is 3. The highest BCUT2D eigenvalue weighted by molar-refractivity contribution is 5.54. The third kappa shape index (κ3) is 5.50. The summed E-state index contributed by atoms with van der Waals surface area (Å²) in [5.41, 5.74) is 3.64. The quantitative estimate of drug-likeness (QED) is 0.311. The number of ether oxygens (including phenoxy) is 1. The summed E-state index contributed by atoms with van der Waals surface area (Å²) in [7, 11) is 0. The molecule has 2 aliphatic heterocycles. The molecular weight excluding hydrogens is 418 g/mol. The van der Waals surface area contributed by atoms with Crippen molar-refractivity contribution in [1.82, 2.24) is 4.90 Å². The van der Waals surface area contributed by atoms with E-state index in [1.165, 1.54) is 57.2 Å². The molecule has 1 aromatic carbocycles. The number of phenols is 1. The monoisotopic (exact) mass is 467 g/mol. The average Bonchev–Trinajstić information content (AvgIpc) is 2.77. The van der Waals surface area contributed by atoms with Gasteiger partial charge in [0.2, 0.25) is 0 Å². The van der Waals surface area contributed by atoms with Gasteiger partial charge in [0, 0.05) is 23.9 Å². The molecule has 1 aliphatic carbocycles. The second kappa shape index (κ2) is 10.2. The summed E-state index contributed by atoms with van der Waals surface area (Å²) in [6.07, 6.45) is 13.4. The molecule has 1 N–H and O–H groups in total. The maximum absolute atomic E-state index is 11.3. The molecule has 0 unspecified atom stereocenters. The molecule has 0 radical (unpaired) electrons. The third-order valence-corrected chi connectivity index (χ3v) is 9.13. The van der Waals surface area contributed by atoms with Crippen molar-refractivity contribution in [2.45, 2.75) is 116 Å². The molecule has 2 atom stereocenters. The fraction of sp³-hybridized carbons (Fsp3) is 0.742. The zero-order chi connectivity index (χ0) is 24.5. The minimum absolute atomic E-state index is 0.0353. The van der Waals surface area contributed by atoms with E-state index in [4.69, 9.17) is 4.74 Å². The smallest absolute Gasteiger partial charge is 0.127 e. The van der Waals surface area contributed by atoms with E-state index in [1.54, 1.807) is 5.57 Å². The van der Waals surface area contributed by atoms with Crippen LogP contribution in [0, 0.1) is 11.8 Å². The van der Waals surface area contributed by atoms with Gasteiger partial charge in [-0.05, 0) is 88.1 Å². The molecule has 3 heteroatoms. The number of phenolic OH excluding ortho intramolecular Hbond substituents is 1. The van der Waals surface area contributed by atoms with E-state index in [0.29, 0.717) is 17.6 Å². The van der Waals surface area contributed by atoms with E-state index < -0.39 is 0 Å². The lowest BCUT2D eigenvalue weighted by Gasteiger charge is -2.48. The van der Waals surface area contributed by atoms with E-state index in [0.717, 1.165) is 43.0 Å². The topological polar surface area (TPSA) is 32.7 Å². The predicted molar refractivity (Wildman–Crippen MR) is 143 cm³/mol. The van der Waals surface area contributed by atoms with Gasteiger partial charge in [0.05, 0.1) is 0 Å². The highest BCUT2D eigenvalue weighted by Crippen LogP contribution is 2.55. The molecular formula is C31H49NO2. The number of piperidine rings is 1. The molecule has 0 spiro atoms. The first-order chi connectivity index (χ1) is 16.1. The van der Waals surface area contributed by atoms with Crippen LogP contribution >= 0.6 is 0 Å². The first-order valence-electron chi connectivity index (χ1n) is 14.1. The number of nitrogens with zero attached hydrogens (tertiary/aromatic N) is 1. The van der Waals surface area contributed by atoms with Crippen molar-refractivity contribution < 1.29 is 9.84 Å². The Balaban J connectivity index is 1.55. The Morgan fingerprint density at radius 3 is 2.56 bits per heavy atom. The van der Waals surface area contributed by atoms with Crippen LogP contribution in [-0.2, 0) is 5.41 Å². The van der Waals surface area contributed by atoms with Crippen LogP contribution in [0.2, 0.25) is 0 Å². The van der Waals surface area contributed by atoms with Crippen molar-refractivity contribution in [3.8, 4) is 11.5 Å². The highest BCUT2D eigenvalue weighted by atomic mass is 16.5. The number of benzene rings is 1. The van der Waals surface area contributed by atoms with Gasteiger partial charge in [0.15, 0.2) is 0 Å². The maximum atomic E-state index is 11.3. The molecule has 0 aromatic heterocycles. The number of hydrogen-bond acceptors (Lipinski definition) is 3. The van der Waals surface area contributed by atoms with Crippen LogP contribution in [-0.4, -0.2) is 35.2 Å². The first kappa shape index (κ1) is 25.6. The van der Waals surface area contributed by atoms with Gasteiger partial charge in [-0.25, -0.2) is 0 Å². The van der Waals surface area contributed by atoms with Gasteiger partial charge in [-0.1, -0.05) is 65.0 Å². The molecule has 0 saturated carbocycles. The zero-order valence-electron chi connectivity index (χ0n) is 22.8. The number of likely N-dealkylation sites (tertiary alicyclic amines) is 1. The number of unbranched alkanes of at least 4 members (excludes halogenated alkanes) is 3. The molecule has 3 nitrogen and oxygen atoms in total. The van der Waals surface area contributed by atoms with Crippen LogP contribution in [0.15, 0.2) is 23.8 Å². The van der Waals surface area contributed by atoms with Gasteiger partial charge >= 0.3 is 0 Å². The fourth-order valence-electron chi connectivity index (χ4n) is 6.63. The van der Waals surface area contributed by atoms with Crippen molar-refractivity contribution >= 4 is 0 Å². The summed E-state index contributed by atoms with van der Waals surface area (Å²) < 4.78 is 6.65. The van der Waals surface area contributed by atoms with Gasteiger partial charge in [-0.3, -0.25) is 4.90 Å².